The summed E-state index contributed by atoms with van der Waals surface area (Å²) in [5.41, 5.74) is 2.16. The Morgan fingerprint density at radius 3 is 2.70 bits per heavy atom. The van der Waals surface area contributed by atoms with Gasteiger partial charge in [0.1, 0.15) is 0 Å². The van der Waals surface area contributed by atoms with Crippen molar-refractivity contribution in [3.8, 4) is 11.5 Å². The van der Waals surface area contributed by atoms with Gasteiger partial charge in [0.15, 0.2) is 18.1 Å². The fraction of sp³-hybridized carbons (Fsp3) is 0.350. The quantitative estimate of drug-likeness (QED) is 0.672. The monoisotopic (exact) mass is 423 g/mol. The molecule has 0 aliphatic carbocycles. The molecule has 0 saturated carbocycles. The maximum Gasteiger partial charge on any atom is 0.258 e. The molecule has 0 bridgehead atoms. The molecule has 0 spiro atoms. The Morgan fingerprint density at radius 1 is 1.22 bits per heavy atom. The summed E-state index contributed by atoms with van der Waals surface area (Å²) in [6, 6.07) is 13.2. The van der Waals surface area contributed by atoms with Crippen molar-refractivity contribution in [1.82, 2.24) is 5.32 Å². The Kier molecular flexibility index (Phi) is 7.21. The lowest BCUT2D eigenvalue weighted by molar-refractivity contribution is -0.123. The molecule has 7 heteroatoms. The highest BCUT2D eigenvalue weighted by Gasteiger charge is 2.20. The molecule has 2 aromatic carbocycles. The first-order valence-corrected chi connectivity index (χ1v) is 11.1. The fourth-order valence-corrected chi connectivity index (χ4v) is 5.82. The molecule has 1 amide bonds. The molecular weight excluding hydrogens is 402 g/mol. The molecule has 1 heterocycles. The van der Waals surface area contributed by atoms with Gasteiger partial charge in [-0.3, -0.25) is 4.79 Å². The molecule has 1 saturated heterocycles. The van der Waals surface area contributed by atoms with Gasteiger partial charge in [0.25, 0.3) is 5.91 Å². The van der Waals surface area contributed by atoms with Crippen LogP contribution in [0.1, 0.15) is 28.7 Å². The number of amides is 1. The number of methoxy groups -OCH3 is 1. The number of rotatable bonds is 7. The average Bonchev–Trinajstić information content (AvgIpc) is 3.21. The number of nitrogens with one attached hydrogen (secondary N) is 1. The molecule has 0 radical (unpaired) electrons. The summed E-state index contributed by atoms with van der Waals surface area (Å²) in [7, 11) is 1.61. The van der Waals surface area contributed by atoms with Crippen LogP contribution >= 0.6 is 35.1 Å². The first-order chi connectivity index (χ1) is 13.1. The van der Waals surface area contributed by atoms with Gasteiger partial charge in [0.2, 0.25) is 0 Å². The summed E-state index contributed by atoms with van der Waals surface area (Å²) >= 11 is 9.88. The van der Waals surface area contributed by atoms with E-state index in [1.165, 1.54) is 17.1 Å². The number of carbonyl (C=O) groups excluding carboxylic acids is 1. The number of thioether (sulfide) groups is 2. The lowest BCUT2D eigenvalue weighted by Gasteiger charge is -2.17. The van der Waals surface area contributed by atoms with Crippen LogP contribution in [-0.2, 0) is 4.79 Å². The molecular formula is C20H22ClNO3S2. The third-order valence-corrected chi connectivity index (χ3v) is 7.51. The van der Waals surface area contributed by atoms with Crippen molar-refractivity contribution in [1.29, 1.82) is 0 Å². The van der Waals surface area contributed by atoms with E-state index in [2.05, 4.69) is 5.32 Å². The molecule has 1 aliphatic rings. The molecule has 4 nitrogen and oxygen atoms in total. The van der Waals surface area contributed by atoms with Crippen LogP contribution in [0.2, 0.25) is 5.02 Å². The van der Waals surface area contributed by atoms with Gasteiger partial charge in [-0.1, -0.05) is 29.8 Å². The smallest absolute Gasteiger partial charge is 0.258 e. The van der Waals surface area contributed by atoms with Crippen molar-refractivity contribution in [3.63, 3.8) is 0 Å². The van der Waals surface area contributed by atoms with Crippen molar-refractivity contribution in [2.75, 3.05) is 25.2 Å². The molecule has 1 unspecified atom stereocenters. The zero-order valence-electron chi connectivity index (χ0n) is 15.2. The maximum atomic E-state index is 12.2. The summed E-state index contributed by atoms with van der Waals surface area (Å²) in [6.07, 6.45) is 0. The van der Waals surface area contributed by atoms with Crippen LogP contribution in [0.25, 0.3) is 0 Å². The van der Waals surface area contributed by atoms with Crippen LogP contribution in [-0.4, -0.2) is 31.1 Å². The minimum Gasteiger partial charge on any atom is -0.493 e. The Hall–Kier alpha value is -1.50. The molecule has 1 aliphatic heterocycles. The predicted octanol–water partition coefficient (Wildman–Crippen LogP) is 5.08. The zero-order chi connectivity index (χ0) is 19.2. The van der Waals surface area contributed by atoms with Gasteiger partial charge in [0.05, 0.1) is 17.7 Å². The summed E-state index contributed by atoms with van der Waals surface area (Å²) in [4.78, 5) is 12.2. The first kappa shape index (κ1) is 20.2. The second kappa shape index (κ2) is 9.62. The molecule has 27 heavy (non-hydrogen) atoms. The van der Waals surface area contributed by atoms with E-state index in [4.69, 9.17) is 21.1 Å². The Balaban J connectivity index is 1.57. The number of ether oxygens (including phenoxy) is 2. The Morgan fingerprint density at radius 2 is 2.00 bits per heavy atom. The minimum atomic E-state index is -0.199. The Labute approximate surface area is 173 Å². The van der Waals surface area contributed by atoms with E-state index >= 15 is 0 Å². The molecule has 144 valence electrons. The van der Waals surface area contributed by atoms with E-state index in [0.29, 0.717) is 21.1 Å². The molecule has 3 rings (SSSR count). The molecule has 2 aromatic rings. The Bertz CT molecular complexity index is 797. The highest BCUT2D eigenvalue weighted by Crippen LogP contribution is 2.46. The van der Waals surface area contributed by atoms with E-state index in [9.17, 15) is 4.79 Å². The summed E-state index contributed by atoms with van der Waals surface area (Å²) in [6.45, 7) is 1.84. The van der Waals surface area contributed by atoms with E-state index in [1.807, 2.05) is 66.8 Å². The van der Waals surface area contributed by atoms with Gasteiger partial charge in [-0.2, -0.15) is 0 Å². The summed E-state index contributed by atoms with van der Waals surface area (Å²) in [5.74, 6) is 3.36. The summed E-state index contributed by atoms with van der Waals surface area (Å²) in [5, 5.41) is 3.56. The van der Waals surface area contributed by atoms with Crippen LogP contribution in [0.3, 0.4) is 0 Å². The van der Waals surface area contributed by atoms with E-state index in [1.54, 1.807) is 13.2 Å². The van der Waals surface area contributed by atoms with E-state index in [0.717, 1.165) is 5.56 Å². The predicted molar refractivity (Wildman–Crippen MR) is 114 cm³/mol. The van der Waals surface area contributed by atoms with Crippen LogP contribution in [0.15, 0.2) is 42.5 Å². The largest absolute Gasteiger partial charge is 0.493 e. The van der Waals surface area contributed by atoms with Gasteiger partial charge in [0, 0.05) is 16.5 Å². The fourth-order valence-electron chi connectivity index (χ4n) is 2.79. The van der Waals surface area contributed by atoms with Crippen molar-refractivity contribution < 1.29 is 14.3 Å². The average molecular weight is 424 g/mol. The van der Waals surface area contributed by atoms with Crippen molar-refractivity contribution >= 4 is 41.0 Å². The van der Waals surface area contributed by atoms with Crippen LogP contribution in [0.5, 0.6) is 11.5 Å². The summed E-state index contributed by atoms with van der Waals surface area (Å²) < 4.78 is 11.6. The third-order valence-electron chi connectivity index (χ3n) is 4.17. The minimum absolute atomic E-state index is 0.0759. The number of benzene rings is 2. The zero-order valence-corrected chi connectivity index (χ0v) is 17.6. The highest BCUT2D eigenvalue weighted by atomic mass is 35.5. The van der Waals surface area contributed by atoms with Gasteiger partial charge in [-0.25, -0.2) is 0 Å². The number of halogens is 1. The molecule has 1 fully saturated rings. The molecule has 1 atom stereocenters. The number of hydrogen-bond acceptors (Lipinski definition) is 5. The van der Waals surface area contributed by atoms with Gasteiger partial charge >= 0.3 is 0 Å². The third kappa shape index (κ3) is 5.50. The van der Waals surface area contributed by atoms with Crippen LogP contribution < -0.4 is 14.8 Å². The normalized spacial score (nSPS) is 15.4. The topological polar surface area (TPSA) is 47.6 Å². The van der Waals surface area contributed by atoms with Crippen molar-refractivity contribution in [2.24, 2.45) is 0 Å². The highest BCUT2D eigenvalue weighted by molar-refractivity contribution is 8.19. The molecule has 1 N–H and O–H groups in total. The van der Waals surface area contributed by atoms with Gasteiger partial charge < -0.3 is 14.8 Å². The standard InChI is InChI=1S/C20H22ClNO3S2/c1-13(14-4-3-5-16(21)10-14)22-19(23)12-25-17-7-6-15(11-18(17)24-2)20-26-8-9-27-20/h3-7,10-11,13,20H,8-9,12H2,1-2H3,(H,22,23). The second-order valence-electron chi connectivity index (χ2n) is 6.12. The van der Waals surface area contributed by atoms with E-state index < -0.39 is 0 Å². The lowest BCUT2D eigenvalue weighted by atomic mass is 10.1. The van der Waals surface area contributed by atoms with Gasteiger partial charge in [-0.05, 0) is 42.3 Å². The number of carbonyl (C=O) groups is 1. The SMILES string of the molecule is COc1cc(C2SCCS2)ccc1OCC(=O)NC(C)c1cccc(Cl)c1. The first-order valence-electron chi connectivity index (χ1n) is 8.65. The van der Waals surface area contributed by atoms with Crippen molar-refractivity contribution in [3.05, 3.63) is 58.6 Å². The second-order valence-corrected chi connectivity index (χ2v) is 9.28. The lowest BCUT2D eigenvalue weighted by Crippen LogP contribution is -2.31. The maximum absolute atomic E-state index is 12.2. The van der Waals surface area contributed by atoms with Crippen LogP contribution in [0.4, 0.5) is 0 Å². The number of hydrogen-bond donors (Lipinski definition) is 1. The van der Waals surface area contributed by atoms with Crippen LogP contribution in [0, 0.1) is 0 Å². The van der Waals surface area contributed by atoms with Crippen molar-refractivity contribution in [2.45, 2.75) is 17.5 Å². The van der Waals surface area contributed by atoms with E-state index in [-0.39, 0.29) is 18.6 Å². The van der Waals surface area contributed by atoms with Gasteiger partial charge in [-0.15, -0.1) is 23.5 Å². The molecule has 0 aromatic heterocycles.